The van der Waals surface area contributed by atoms with Crippen molar-refractivity contribution in [2.45, 2.75) is 46.0 Å². The molecule has 0 rings (SSSR count). The first kappa shape index (κ1) is 13.2. The lowest BCUT2D eigenvalue weighted by atomic mass is 10.0. The average Bonchev–Trinajstić information content (AvgIpc) is 1.93. The number of hydrogen-bond donors (Lipinski definition) is 1. The summed E-state index contributed by atoms with van der Waals surface area (Å²) in [4.78, 5) is 0. The van der Waals surface area contributed by atoms with Crippen molar-refractivity contribution in [1.82, 2.24) is 0 Å². The van der Waals surface area contributed by atoms with Gasteiger partial charge in [-0.25, -0.2) is 0 Å². The molecule has 0 heterocycles. The highest BCUT2D eigenvalue weighted by molar-refractivity contribution is 8.01. The predicted octanol–water partition coefficient (Wildman–Crippen LogP) is 2.87. The Bertz CT molecular complexity index is 157. The van der Waals surface area contributed by atoms with E-state index in [0.717, 1.165) is 18.1 Å². The second-order valence-electron chi connectivity index (χ2n) is 4.89. The van der Waals surface area contributed by atoms with Gasteiger partial charge in [0.05, 0.1) is 0 Å². The molecule has 0 amide bonds. The molecule has 0 aliphatic rings. The Kier molecular flexibility index (Phi) is 6.66. The van der Waals surface area contributed by atoms with Gasteiger partial charge in [0.1, 0.15) is 0 Å². The normalized spacial score (nSPS) is 13.6. The summed E-state index contributed by atoms with van der Waals surface area (Å²) in [5, 5.41) is 0. The molecule has 0 aromatic rings. The lowest BCUT2D eigenvalue weighted by Crippen LogP contribution is -2.11. The summed E-state index contributed by atoms with van der Waals surface area (Å²) >= 11 is 0. The van der Waals surface area contributed by atoms with Gasteiger partial charge in [0.2, 0.25) is 0 Å². The maximum Gasteiger partial charge on any atom is 0.000767 e. The Morgan fingerprint density at radius 3 is 2.00 bits per heavy atom. The molecule has 0 spiro atoms. The fourth-order valence-corrected chi connectivity index (χ4v) is 2.38. The van der Waals surface area contributed by atoms with Gasteiger partial charge in [-0.1, -0.05) is 39.5 Å². The van der Waals surface area contributed by atoms with Gasteiger partial charge in [0.25, 0.3) is 0 Å². The Labute approximate surface area is 84.7 Å². The van der Waals surface area contributed by atoms with E-state index in [1.807, 2.05) is 12.5 Å². The largest absolute Gasteiger partial charge is 0.285 e. The van der Waals surface area contributed by atoms with Crippen molar-refractivity contribution < 1.29 is 4.21 Å². The van der Waals surface area contributed by atoms with Crippen LogP contribution >= 0.6 is 0 Å². The maximum absolute atomic E-state index is 11.4. The van der Waals surface area contributed by atoms with E-state index in [-0.39, 0.29) is 0 Å². The standard InChI is InChI=1S/C11H26OS/c1-11(2)9-7-5-6-8-10-13(3,4)12/h11,13H,5-10H2,1-4H3. The summed E-state index contributed by atoms with van der Waals surface area (Å²) in [6.45, 7) is 4.54. The summed E-state index contributed by atoms with van der Waals surface area (Å²) < 4.78 is 11.4. The fraction of sp³-hybridized carbons (Fsp3) is 1.00. The van der Waals surface area contributed by atoms with E-state index in [2.05, 4.69) is 13.8 Å². The number of thiol groups is 1. The Balaban J connectivity index is 3.14. The van der Waals surface area contributed by atoms with Crippen molar-refractivity contribution in [3.8, 4) is 0 Å². The molecule has 0 aromatic carbocycles. The third-order valence-electron chi connectivity index (χ3n) is 2.23. The van der Waals surface area contributed by atoms with E-state index in [1.165, 1.54) is 25.7 Å². The van der Waals surface area contributed by atoms with E-state index in [9.17, 15) is 4.21 Å². The van der Waals surface area contributed by atoms with Crippen LogP contribution in [0, 0.1) is 5.92 Å². The van der Waals surface area contributed by atoms with Gasteiger partial charge in [0.15, 0.2) is 0 Å². The molecular weight excluding hydrogens is 180 g/mol. The van der Waals surface area contributed by atoms with Crippen molar-refractivity contribution in [3.05, 3.63) is 0 Å². The monoisotopic (exact) mass is 206 g/mol. The molecule has 0 bridgehead atoms. The minimum absolute atomic E-state index is 0.837. The summed E-state index contributed by atoms with van der Waals surface area (Å²) in [5.74, 6) is 1.78. The number of unbranched alkanes of at least 4 members (excludes halogenated alkanes) is 3. The second kappa shape index (κ2) is 6.58. The quantitative estimate of drug-likeness (QED) is 0.501. The highest BCUT2D eigenvalue weighted by Crippen LogP contribution is 2.10. The van der Waals surface area contributed by atoms with E-state index in [4.69, 9.17) is 0 Å². The zero-order valence-corrected chi connectivity index (χ0v) is 10.6. The highest BCUT2D eigenvalue weighted by atomic mass is 32.2. The summed E-state index contributed by atoms with van der Waals surface area (Å²) in [5.41, 5.74) is 0. The molecule has 0 radical (unpaired) electrons. The molecule has 0 unspecified atom stereocenters. The summed E-state index contributed by atoms with van der Waals surface area (Å²) in [6.07, 6.45) is 10.2. The van der Waals surface area contributed by atoms with E-state index in [0.29, 0.717) is 0 Å². The molecule has 0 saturated heterocycles. The number of hydrogen-bond acceptors (Lipinski definition) is 1. The molecule has 0 fully saturated rings. The zero-order valence-electron chi connectivity index (χ0n) is 9.68. The molecule has 0 aromatic heterocycles. The third-order valence-corrected chi connectivity index (χ3v) is 3.62. The Morgan fingerprint density at radius 2 is 1.54 bits per heavy atom. The van der Waals surface area contributed by atoms with Crippen molar-refractivity contribution >= 4 is 9.93 Å². The molecule has 0 aliphatic heterocycles. The lowest BCUT2D eigenvalue weighted by molar-refractivity contribution is 0.525. The second-order valence-corrected chi connectivity index (χ2v) is 8.49. The van der Waals surface area contributed by atoms with Crippen LogP contribution in [0.5, 0.6) is 0 Å². The molecule has 1 nitrogen and oxygen atoms in total. The van der Waals surface area contributed by atoms with Gasteiger partial charge in [-0.2, -0.15) is 0 Å². The zero-order chi connectivity index (χ0) is 10.3. The third kappa shape index (κ3) is 12.1. The number of rotatable bonds is 7. The Morgan fingerprint density at radius 1 is 1.00 bits per heavy atom. The van der Waals surface area contributed by atoms with E-state index >= 15 is 0 Å². The topological polar surface area (TPSA) is 17.1 Å². The van der Waals surface area contributed by atoms with Gasteiger partial charge in [-0.05, 0) is 24.9 Å². The van der Waals surface area contributed by atoms with E-state index in [1.54, 1.807) is 0 Å². The fourth-order valence-electron chi connectivity index (χ4n) is 1.40. The van der Waals surface area contributed by atoms with Crippen LogP contribution in [0.3, 0.4) is 0 Å². The van der Waals surface area contributed by atoms with Gasteiger partial charge in [-0.3, -0.25) is 4.21 Å². The van der Waals surface area contributed by atoms with Crippen LogP contribution in [-0.2, 0) is 9.93 Å². The molecule has 82 valence electrons. The SMILES string of the molecule is CC(C)CCCCCC[SH](C)(C)=O. The van der Waals surface area contributed by atoms with Crippen molar-refractivity contribution in [2.24, 2.45) is 5.92 Å². The maximum atomic E-state index is 11.4. The van der Waals surface area contributed by atoms with Crippen LogP contribution in [0.25, 0.3) is 0 Å². The lowest BCUT2D eigenvalue weighted by Gasteiger charge is -2.10. The first-order valence-corrected chi connectivity index (χ1v) is 8.24. The van der Waals surface area contributed by atoms with Crippen LogP contribution in [0.1, 0.15) is 46.0 Å². The van der Waals surface area contributed by atoms with Crippen LogP contribution < -0.4 is 0 Å². The van der Waals surface area contributed by atoms with Crippen LogP contribution in [0.15, 0.2) is 0 Å². The highest BCUT2D eigenvalue weighted by Gasteiger charge is 2.00. The Hall–Kier alpha value is 0.150. The van der Waals surface area contributed by atoms with Crippen LogP contribution in [0.2, 0.25) is 0 Å². The summed E-state index contributed by atoms with van der Waals surface area (Å²) in [6, 6.07) is 0. The molecule has 13 heavy (non-hydrogen) atoms. The van der Waals surface area contributed by atoms with Crippen molar-refractivity contribution in [1.29, 1.82) is 0 Å². The minimum Gasteiger partial charge on any atom is -0.285 e. The summed E-state index contributed by atoms with van der Waals surface area (Å²) in [7, 11) is -1.73. The van der Waals surface area contributed by atoms with Gasteiger partial charge in [0, 0.05) is 5.75 Å². The molecule has 0 N–H and O–H groups in total. The van der Waals surface area contributed by atoms with Crippen molar-refractivity contribution in [3.63, 3.8) is 0 Å². The molecule has 2 heteroatoms. The van der Waals surface area contributed by atoms with Crippen LogP contribution in [0.4, 0.5) is 0 Å². The smallest absolute Gasteiger partial charge is 0.000767 e. The predicted molar refractivity (Wildman–Crippen MR) is 64.2 cm³/mol. The molecule has 0 atom stereocenters. The van der Waals surface area contributed by atoms with Gasteiger partial charge < -0.3 is 0 Å². The first-order valence-electron chi connectivity index (χ1n) is 5.46. The van der Waals surface area contributed by atoms with E-state index < -0.39 is 9.93 Å². The molecule has 0 aliphatic carbocycles. The first-order chi connectivity index (χ1) is 5.92. The van der Waals surface area contributed by atoms with Crippen molar-refractivity contribution in [2.75, 3.05) is 18.3 Å². The van der Waals surface area contributed by atoms with Crippen LogP contribution in [-0.4, -0.2) is 22.5 Å². The molecule has 0 saturated carbocycles. The minimum atomic E-state index is -1.73. The van der Waals surface area contributed by atoms with Gasteiger partial charge >= 0.3 is 0 Å². The van der Waals surface area contributed by atoms with Gasteiger partial charge in [-0.15, -0.1) is 9.93 Å². The average molecular weight is 206 g/mol. The molecular formula is C11H26OS.